The third kappa shape index (κ3) is 2.05. The molecular formula is C15H13NO2S2. The molecule has 0 saturated heterocycles. The van der Waals surface area contributed by atoms with Gasteiger partial charge in [0.2, 0.25) is 0 Å². The number of aromatic nitrogens is 1. The van der Waals surface area contributed by atoms with E-state index < -0.39 is 0 Å². The highest BCUT2D eigenvalue weighted by atomic mass is 32.2. The molecule has 102 valence electrons. The van der Waals surface area contributed by atoms with E-state index in [0.717, 1.165) is 34.2 Å². The smallest absolute Gasteiger partial charge is 0.182 e. The van der Waals surface area contributed by atoms with Crippen LogP contribution in [0, 0.1) is 0 Å². The maximum atomic E-state index is 11.9. The van der Waals surface area contributed by atoms with Crippen LogP contribution in [0.1, 0.15) is 39.3 Å². The number of benzene rings is 1. The van der Waals surface area contributed by atoms with Crippen LogP contribution in [0.15, 0.2) is 29.2 Å². The Bertz CT molecular complexity index is 680. The molecule has 1 atom stereocenters. The minimum absolute atomic E-state index is 0.0294. The number of thioether (sulfide) groups is 1. The summed E-state index contributed by atoms with van der Waals surface area (Å²) in [6, 6.07) is 8.08. The molecule has 1 aliphatic heterocycles. The van der Waals surface area contributed by atoms with Crippen LogP contribution in [0.2, 0.25) is 0 Å². The molecule has 1 aliphatic carbocycles. The average molecular weight is 303 g/mol. The van der Waals surface area contributed by atoms with Gasteiger partial charge < -0.3 is 4.74 Å². The molecule has 1 aromatic heterocycles. The normalized spacial score (nSPS) is 21.0. The van der Waals surface area contributed by atoms with Crippen molar-refractivity contribution in [3.05, 3.63) is 39.8 Å². The highest BCUT2D eigenvalue weighted by Gasteiger charge is 2.28. The van der Waals surface area contributed by atoms with E-state index in [2.05, 4.69) is 11.1 Å². The molecule has 0 N–H and O–H groups in total. The zero-order valence-electron chi connectivity index (χ0n) is 10.8. The maximum Gasteiger partial charge on any atom is 0.182 e. The number of thiazole rings is 1. The second kappa shape index (κ2) is 4.90. The van der Waals surface area contributed by atoms with E-state index in [-0.39, 0.29) is 11.9 Å². The van der Waals surface area contributed by atoms with Gasteiger partial charge in [-0.1, -0.05) is 12.1 Å². The zero-order chi connectivity index (χ0) is 13.5. The summed E-state index contributed by atoms with van der Waals surface area (Å²) >= 11 is 3.45. The summed E-state index contributed by atoms with van der Waals surface area (Å²) in [5.41, 5.74) is 0.698. The van der Waals surface area contributed by atoms with E-state index in [0.29, 0.717) is 12.1 Å². The molecule has 0 fully saturated rings. The summed E-state index contributed by atoms with van der Waals surface area (Å²) in [6.07, 6.45) is 2.55. The highest BCUT2D eigenvalue weighted by Crippen LogP contribution is 2.42. The minimum atomic E-state index is -0.0294. The third-order valence-corrected chi connectivity index (χ3v) is 5.89. The van der Waals surface area contributed by atoms with E-state index in [1.165, 1.54) is 4.90 Å². The van der Waals surface area contributed by atoms with Gasteiger partial charge in [-0.05, 0) is 25.0 Å². The van der Waals surface area contributed by atoms with E-state index >= 15 is 0 Å². The first-order chi connectivity index (χ1) is 9.81. The molecule has 0 amide bonds. The third-order valence-electron chi connectivity index (χ3n) is 3.57. The van der Waals surface area contributed by atoms with Crippen molar-refractivity contribution in [2.75, 3.05) is 5.75 Å². The molecule has 1 unspecified atom stereocenters. The quantitative estimate of drug-likeness (QED) is 0.801. The van der Waals surface area contributed by atoms with Crippen LogP contribution in [0.4, 0.5) is 0 Å². The number of carbonyl (C=O) groups is 1. The van der Waals surface area contributed by atoms with Gasteiger partial charge in [-0.25, -0.2) is 4.98 Å². The molecule has 2 aromatic rings. The lowest BCUT2D eigenvalue weighted by Gasteiger charge is -2.23. The van der Waals surface area contributed by atoms with Gasteiger partial charge in [0, 0.05) is 21.9 Å². The average Bonchev–Trinajstić information content (AvgIpc) is 2.92. The summed E-state index contributed by atoms with van der Waals surface area (Å²) < 4.78 is 6.05. The largest absolute Gasteiger partial charge is 0.481 e. The molecule has 4 rings (SSSR count). The summed E-state index contributed by atoms with van der Waals surface area (Å²) in [7, 11) is 0. The van der Waals surface area contributed by atoms with E-state index in [4.69, 9.17) is 4.74 Å². The number of fused-ring (bicyclic) bond motifs is 2. The number of hydrogen-bond acceptors (Lipinski definition) is 5. The lowest BCUT2D eigenvalue weighted by molar-refractivity contribution is 0.0968. The van der Waals surface area contributed by atoms with Crippen molar-refractivity contribution < 1.29 is 9.53 Å². The lowest BCUT2D eigenvalue weighted by atomic mass is 10.0. The van der Waals surface area contributed by atoms with Crippen molar-refractivity contribution in [1.29, 1.82) is 0 Å². The van der Waals surface area contributed by atoms with Crippen molar-refractivity contribution in [2.45, 2.75) is 30.3 Å². The van der Waals surface area contributed by atoms with Crippen LogP contribution in [-0.4, -0.2) is 16.5 Å². The predicted molar refractivity (Wildman–Crippen MR) is 79.9 cm³/mol. The Labute approximate surface area is 125 Å². The second-order valence-corrected chi connectivity index (χ2v) is 7.14. The Hall–Kier alpha value is -1.33. The van der Waals surface area contributed by atoms with Crippen LogP contribution >= 0.6 is 23.1 Å². The van der Waals surface area contributed by atoms with Gasteiger partial charge in [0.1, 0.15) is 16.5 Å². The Morgan fingerprint density at radius 3 is 3.05 bits per heavy atom. The standard InChI is InChI=1S/C15H13NO2S2/c17-9-4-3-7-13-14(9)16-15(20-13)11-8-19-12-6-2-1-5-10(12)18-11/h1-2,5-6,11H,3-4,7-8H2. The van der Waals surface area contributed by atoms with Crippen molar-refractivity contribution in [2.24, 2.45) is 0 Å². The Morgan fingerprint density at radius 1 is 1.25 bits per heavy atom. The first-order valence-electron chi connectivity index (χ1n) is 6.72. The number of ketones is 1. The molecule has 5 heteroatoms. The van der Waals surface area contributed by atoms with Gasteiger partial charge in [0.15, 0.2) is 11.9 Å². The Balaban J connectivity index is 1.65. The Kier molecular flexibility index (Phi) is 3.04. The first-order valence-corrected chi connectivity index (χ1v) is 8.53. The molecule has 0 bridgehead atoms. The van der Waals surface area contributed by atoms with E-state index in [1.807, 2.05) is 18.2 Å². The van der Waals surface area contributed by atoms with Crippen LogP contribution < -0.4 is 4.74 Å². The van der Waals surface area contributed by atoms with Gasteiger partial charge in [-0.15, -0.1) is 23.1 Å². The fraction of sp³-hybridized carbons (Fsp3) is 0.333. The first kappa shape index (κ1) is 12.4. The monoisotopic (exact) mass is 303 g/mol. The summed E-state index contributed by atoms with van der Waals surface area (Å²) in [4.78, 5) is 18.8. The highest BCUT2D eigenvalue weighted by molar-refractivity contribution is 7.99. The van der Waals surface area contributed by atoms with Crippen molar-refractivity contribution in [3.63, 3.8) is 0 Å². The van der Waals surface area contributed by atoms with Gasteiger partial charge in [-0.3, -0.25) is 4.79 Å². The van der Waals surface area contributed by atoms with Gasteiger partial charge in [0.25, 0.3) is 0 Å². The molecule has 0 spiro atoms. The van der Waals surface area contributed by atoms with Crippen LogP contribution in [0.25, 0.3) is 0 Å². The number of ether oxygens (including phenoxy) is 1. The molecule has 1 aromatic carbocycles. The lowest BCUT2D eigenvalue weighted by Crippen LogP contribution is -2.15. The number of carbonyl (C=O) groups excluding carboxylic acids is 1. The second-order valence-electron chi connectivity index (χ2n) is 4.96. The van der Waals surface area contributed by atoms with E-state index in [9.17, 15) is 4.79 Å². The van der Waals surface area contributed by atoms with Crippen molar-refractivity contribution in [3.8, 4) is 5.75 Å². The molecule has 0 saturated carbocycles. The number of Topliss-reactive ketones (excluding diaryl/α,β-unsaturated/α-hetero) is 1. The number of aryl methyl sites for hydroxylation is 1. The van der Waals surface area contributed by atoms with Crippen LogP contribution in [-0.2, 0) is 6.42 Å². The van der Waals surface area contributed by atoms with Crippen molar-refractivity contribution >= 4 is 28.9 Å². The predicted octanol–water partition coefficient (Wildman–Crippen LogP) is 3.89. The van der Waals surface area contributed by atoms with Gasteiger partial charge in [0.05, 0.1) is 0 Å². The van der Waals surface area contributed by atoms with Crippen LogP contribution in [0.5, 0.6) is 5.75 Å². The minimum Gasteiger partial charge on any atom is -0.481 e. The molecule has 3 nitrogen and oxygen atoms in total. The summed E-state index contributed by atoms with van der Waals surface area (Å²) in [5.74, 6) is 1.98. The fourth-order valence-electron chi connectivity index (χ4n) is 2.56. The molecular weight excluding hydrogens is 290 g/mol. The molecule has 2 heterocycles. The number of nitrogens with zero attached hydrogens (tertiary/aromatic N) is 1. The maximum absolute atomic E-state index is 11.9. The SMILES string of the molecule is O=C1CCCc2sc(C3CSc4ccccc4O3)nc21. The van der Waals surface area contributed by atoms with Gasteiger partial charge in [-0.2, -0.15) is 0 Å². The summed E-state index contributed by atoms with van der Waals surface area (Å²) in [5, 5.41) is 0.951. The molecule has 2 aliphatic rings. The topological polar surface area (TPSA) is 39.2 Å². The molecule has 20 heavy (non-hydrogen) atoms. The molecule has 0 radical (unpaired) electrons. The van der Waals surface area contributed by atoms with Crippen LogP contribution in [0.3, 0.4) is 0 Å². The van der Waals surface area contributed by atoms with E-state index in [1.54, 1.807) is 23.1 Å². The van der Waals surface area contributed by atoms with Gasteiger partial charge >= 0.3 is 0 Å². The van der Waals surface area contributed by atoms with Crippen molar-refractivity contribution in [1.82, 2.24) is 4.98 Å². The Morgan fingerprint density at radius 2 is 2.15 bits per heavy atom. The number of rotatable bonds is 1. The summed E-state index contributed by atoms with van der Waals surface area (Å²) in [6.45, 7) is 0. The zero-order valence-corrected chi connectivity index (χ0v) is 12.4. The number of hydrogen-bond donors (Lipinski definition) is 0. The number of para-hydroxylation sites is 1. The fourth-order valence-corrected chi connectivity index (χ4v) is 4.81.